The third-order valence-corrected chi connectivity index (χ3v) is 2.87. The maximum absolute atomic E-state index is 11.5. The molecule has 0 aliphatic rings. The molecule has 1 unspecified atom stereocenters. The van der Waals surface area contributed by atoms with Crippen LogP contribution in [-0.4, -0.2) is 30.1 Å². The van der Waals surface area contributed by atoms with Crippen LogP contribution in [0.5, 0.6) is 0 Å². The van der Waals surface area contributed by atoms with Crippen LogP contribution in [-0.2, 0) is 9.59 Å². The molecule has 1 aromatic rings. The van der Waals surface area contributed by atoms with Gasteiger partial charge in [-0.3, -0.25) is 9.59 Å². The summed E-state index contributed by atoms with van der Waals surface area (Å²) >= 11 is 1.41. The number of nitrogens with two attached hydrogens (primary N) is 1. The molecule has 0 saturated carbocycles. The maximum atomic E-state index is 11.5. The van der Waals surface area contributed by atoms with Gasteiger partial charge >= 0.3 is 5.97 Å². The minimum absolute atomic E-state index is 0.191. The predicted octanol–water partition coefficient (Wildman–Crippen LogP) is 0.513. The van der Waals surface area contributed by atoms with Crippen LogP contribution >= 0.6 is 11.3 Å². The summed E-state index contributed by atoms with van der Waals surface area (Å²) in [6.07, 6.45) is -0.191. The second-order valence-corrected chi connectivity index (χ2v) is 3.98. The van der Waals surface area contributed by atoms with E-state index in [0.717, 1.165) is 5.00 Å². The van der Waals surface area contributed by atoms with Gasteiger partial charge in [-0.15, -0.1) is 11.3 Å². The van der Waals surface area contributed by atoms with Gasteiger partial charge in [0, 0.05) is 7.05 Å². The van der Waals surface area contributed by atoms with E-state index in [9.17, 15) is 9.59 Å². The summed E-state index contributed by atoms with van der Waals surface area (Å²) in [6, 6.07) is 2.47. The molecule has 0 aliphatic carbocycles. The molecule has 0 fully saturated rings. The number of hydrogen-bond acceptors (Lipinski definition) is 4. The molecule has 1 amide bonds. The van der Waals surface area contributed by atoms with Gasteiger partial charge in [-0.25, -0.2) is 0 Å². The first kappa shape index (κ1) is 11.7. The highest BCUT2D eigenvalue weighted by Gasteiger charge is 2.19. The van der Waals surface area contributed by atoms with Crippen molar-refractivity contribution in [3.05, 3.63) is 17.5 Å². The molecule has 0 spiro atoms. The summed E-state index contributed by atoms with van der Waals surface area (Å²) in [4.78, 5) is 23.4. The van der Waals surface area contributed by atoms with Crippen molar-refractivity contribution in [2.75, 3.05) is 11.9 Å². The SMILES string of the molecule is CN(C(=O)CC(N)C(=O)O)c1cccs1. The Morgan fingerprint density at radius 1 is 1.67 bits per heavy atom. The Morgan fingerprint density at radius 3 is 2.80 bits per heavy atom. The Labute approximate surface area is 91.1 Å². The lowest BCUT2D eigenvalue weighted by atomic mass is 10.2. The molecule has 0 saturated heterocycles. The number of anilines is 1. The quantitative estimate of drug-likeness (QED) is 0.786. The van der Waals surface area contributed by atoms with Crippen molar-refractivity contribution in [3.8, 4) is 0 Å². The molecule has 3 N–H and O–H groups in total. The van der Waals surface area contributed by atoms with Crippen LogP contribution in [0.3, 0.4) is 0 Å². The molecule has 1 aromatic heterocycles. The standard InChI is InChI=1S/C9H12N2O3S/c1-11(8-3-2-4-15-8)7(12)5-6(10)9(13)14/h2-4,6H,5,10H2,1H3,(H,13,14). The van der Waals surface area contributed by atoms with Crippen LogP contribution in [0.15, 0.2) is 17.5 Å². The first-order valence-electron chi connectivity index (χ1n) is 4.31. The Kier molecular flexibility index (Phi) is 3.81. The van der Waals surface area contributed by atoms with Crippen molar-refractivity contribution < 1.29 is 14.7 Å². The number of rotatable bonds is 4. The Morgan fingerprint density at radius 2 is 2.33 bits per heavy atom. The van der Waals surface area contributed by atoms with Gasteiger partial charge in [0.2, 0.25) is 5.91 Å². The second kappa shape index (κ2) is 4.90. The van der Waals surface area contributed by atoms with Gasteiger partial charge in [0.15, 0.2) is 0 Å². The maximum Gasteiger partial charge on any atom is 0.321 e. The molecule has 0 aliphatic heterocycles. The van der Waals surface area contributed by atoms with Crippen LogP contribution in [0.4, 0.5) is 5.00 Å². The average Bonchev–Trinajstić information content (AvgIpc) is 2.68. The monoisotopic (exact) mass is 228 g/mol. The van der Waals surface area contributed by atoms with E-state index in [1.54, 1.807) is 13.1 Å². The number of nitrogens with zero attached hydrogens (tertiary/aromatic N) is 1. The van der Waals surface area contributed by atoms with E-state index in [2.05, 4.69) is 0 Å². The van der Waals surface area contributed by atoms with E-state index >= 15 is 0 Å². The van der Waals surface area contributed by atoms with Gasteiger partial charge in [-0.1, -0.05) is 0 Å². The van der Waals surface area contributed by atoms with Crippen LogP contribution in [0.1, 0.15) is 6.42 Å². The predicted molar refractivity (Wildman–Crippen MR) is 58.0 cm³/mol. The molecule has 5 nitrogen and oxygen atoms in total. The summed E-state index contributed by atoms with van der Waals surface area (Å²) in [5.41, 5.74) is 5.26. The first-order valence-corrected chi connectivity index (χ1v) is 5.18. The Balaban J connectivity index is 2.58. The number of hydrogen-bond donors (Lipinski definition) is 2. The van der Waals surface area contributed by atoms with Crippen molar-refractivity contribution >= 4 is 28.2 Å². The number of carboxylic acids is 1. The highest BCUT2D eigenvalue weighted by Crippen LogP contribution is 2.20. The van der Waals surface area contributed by atoms with E-state index in [0.29, 0.717) is 0 Å². The van der Waals surface area contributed by atoms with Gasteiger partial charge in [-0.2, -0.15) is 0 Å². The first-order chi connectivity index (χ1) is 7.02. The fourth-order valence-corrected chi connectivity index (χ4v) is 1.71. The fourth-order valence-electron chi connectivity index (χ4n) is 0.996. The smallest absolute Gasteiger partial charge is 0.321 e. The van der Waals surface area contributed by atoms with E-state index in [4.69, 9.17) is 10.8 Å². The minimum Gasteiger partial charge on any atom is -0.480 e. The minimum atomic E-state index is -1.16. The Bertz CT molecular complexity index is 350. The number of carbonyl (C=O) groups excluding carboxylic acids is 1. The summed E-state index contributed by atoms with van der Waals surface area (Å²) in [5.74, 6) is -1.46. The topological polar surface area (TPSA) is 83.6 Å². The van der Waals surface area contributed by atoms with E-state index in [1.807, 2.05) is 11.4 Å². The zero-order chi connectivity index (χ0) is 11.4. The lowest BCUT2D eigenvalue weighted by Crippen LogP contribution is -2.37. The van der Waals surface area contributed by atoms with Crippen LogP contribution in [0.2, 0.25) is 0 Å². The van der Waals surface area contributed by atoms with E-state index < -0.39 is 12.0 Å². The summed E-state index contributed by atoms with van der Waals surface area (Å²) in [6.45, 7) is 0. The summed E-state index contributed by atoms with van der Waals surface area (Å²) < 4.78 is 0. The van der Waals surface area contributed by atoms with Gasteiger partial charge in [0.25, 0.3) is 0 Å². The van der Waals surface area contributed by atoms with E-state index in [1.165, 1.54) is 16.2 Å². The van der Waals surface area contributed by atoms with Crippen LogP contribution in [0, 0.1) is 0 Å². The van der Waals surface area contributed by atoms with Crippen molar-refractivity contribution in [2.45, 2.75) is 12.5 Å². The second-order valence-electron chi connectivity index (χ2n) is 3.05. The third kappa shape index (κ3) is 3.03. The average molecular weight is 228 g/mol. The molecule has 82 valence electrons. The van der Waals surface area contributed by atoms with E-state index in [-0.39, 0.29) is 12.3 Å². The van der Waals surface area contributed by atoms with Crippen molar-refractivity contribution in [1.82, 2.24) is 0 Å². The normalized spacial score (nSPS) is 12.1. The van der Waals surface area contributed by atoms with Crippen molar-refractivity contribution in [3.63, 3.8) is 0 Å². The molecule has 1 heterocycles. The molecule has 15 heavy (non-hydrogen) atoms. The third-order valence-electron chi connectivity index (χ3n) is 1.92. The summed E-state index contributed by atoms with van der Waals surface area (Å²) in [7, 11) is 1.60. The van der Waals surface area contributed by atoms with Gasteiger partial charge in [0.05, 0.1) is 11.4 Å². The molecule has 1 rings (SSSR count). The van der Waals surface area contributed by atoms with Gasteiger partial charge in [0.1, 0.15) is 6.04 Å². The number of aliphatic carboxylic acids is 1. The van der Waals surface area contributed by atoms with Gasteiger partial charge in [-0.05, 0) is 17.5 Å². The molecular formula is C9H12N2O3S. The molecule has 6 heteroatoms. The van der Waals surface area contributed by atoms with Gasteiger partial charge < -0.3 is 15.7 Å². The highest BCUT2D eigenvalue weighted by atomic mass is 32.1. The zero-order valence-electron chi connectivity index (χ0n) is 8.21. The lowest BCUT2D eigenvalue weighted by Gasteiger charge is -2.16. The number of carbonyl (C=O) groups is 2. The fraction of sp³-hybridized carbons (Fsp3) is 0.333. The molecular weight excluding hydrogens is 216 g/mol. The molecule has 0 radical (unpaired) electrons. The summed E-state index contributed by atoms with van der Waals surface area (Å²) in [5, 5.41) is 11.2. The lowest BCUT2D eigenvalue weighted by molar-refractivity contribution is -0.140. The molecule has 0 aromatic carbocycles. The number of thiophene rings is 1. The number of carboxylic acid groups (broad SMARTS) is 1. The molecule has 1 atom stereocenters. The largest absolute Gasteiger partial charge is 0.480 e. The van der Waals surface area contributed by atoms with Crippen molar-refractivity contribution in [2.24, 2.45) is 5.73 Å². The number of amides is 1. The van der Waals surface area contributed by atoms with Crippen molar-refractivity contribution in [1.29, 1.82) is 0 Å². The highest BCUT2D eigenvalue weighted by molar-refractivity contribution is 7.14. The Hall–Kier alpha value is -1.40. The zero-order valence-corrected chi connectivity index (χ0v) is 9.03. The van der Waals surface area contributed by atoms with Crippen LogP contribution < -0.4 is 10.6 Å². The molecule has 0 bridgehead atoms. The van der Waals surface area contributed by atoms with Crippen LogP contribution in [0.25, 0.3) is 0 Å².